The molecule has 0 saturated heterocycles. The van der Waals surface area contributed by atoms with Crippen LogP contribution in [-0.2, 0) is 9.53 Å². The van der Waals surface area contributed by atoms with Crippen LogP contribution in [0, 0.1) is 5.92 Å². The number of rotatable bonds is 5. The number of hydrogen-bond acceptors (Lipinski definition) is 4. The number of benzene rings is 1. The second-order valence-corrected chi connectivity index (χ2v) is 4.54. The predicted molar refractivity (Wildman–Crippen MR) is 70.8 cm³/mol. The van der Waals surface area contributed by atoms with E-state index in [1.807, 2.05) is 0 Å². The molecular weight excluding hydrogens is 300 g/mol. The molecule has 0 bridgehead atoms. The highest BCUT2D eigenvalue weighted by Gasteiger charge is 2.25. The van der Waals surface area contributed by atoms with Crippen LogP contribution in [0.4, 0.5) is 0 Å². The number of ether oxygens (including phenoxy) is 2. The first-order chi connectivity index (χ1) is 8.51. The van der Waals surface area contributed by atoms with E-state index in [4.69, 9.17) is 9.47 Å². The van der Waals surface area contributed by atoms with Crippen LogP contribution in [0.2, 0.25) is 0 Å². The molecule has 5 heteroatoms. The molecule has 0 aliphatic carbocycles. The van der Waals surface area contributed by atoms with Gasteiger partial charge in [-0.3, -0.25) is 9.59 Å². The maximum absolute atomic E-state index is 12.2. The summed E-state index contributed by atoms with van der Waals surface area (Å²) in [4.78, 5) is 23.7. The third-order valence-electron chi connectivity index (χ3n) is 2.47. The lowest BCUT2D eigenvalue weighted by Gasteiger charge is -2.11. The van der Waals surface area contributed by atoms with E-state index in [1.165, 1.54) is 14.0 Å². The van der Waals surface area contributed by atoms with Gasteiger partial charge in [0.25, 0.3) is 0 Å². The molecule has 0 saturated carbocycles. The number of halogens is 1. The summed E-state index contributed by atoms with van der Waals surface area (Å²) in [7, 11) is 1.52. The molecule has 0 amide bonds. The Bertz CT molecular complexity index is 456. The summed E-state index contributed by atoms with van der Waals surface area (Å²) < 4.78 is 10.5. The monoisotopic (exact) mass is 314 g/mol. The molecule has 0 aromatic heterocycles. The van der Waals surface area contributed by atoms with Crippen LogP contribution in [-0.4, -0.2) is 25.5 Å². The number of carbonyl (C=O) groups is 2. The fourth-order valence-electron chi connectivity index (χ4n) is 1.43. The molecule has 0 aliphatic heterocycles. The Hall–Kier alpha value is -1.36. The Labute approximate surface area is 114 Å². The van der Waals surface area contributed by atoms with Gasteiger partial charge in [-0.25, -0.2) is 0 Å². The van der Waals surface area contributed by atoms with Gasteiger partial charge < -0.3 is 9.47 Å². The molecule has 1 unspecified atom stereocenters. The molecule has 0 heterocycles. The van der Waals surface area contributed by atoms with Gasteiger partial charge in [-0.15, -0.1) is 0 Å². The van der Waals surface area contributed by atoms with Gasteiger partial charge in [0, 0.05) is 10.0 Å². The molecule has 0 aliphatic rings. The van der Waals surface area contributed by atoms with E-state index < -0.39 is 11.9 Å². The van der Waals surface area contributed by atoms with Gasteiger partial charge in [-0.2, -0.15) is 0 Å². The summed E-state index contributed by atoms with van der Waals surface area (Å²) >= 11 is 3.29. The van der Waals surface area contributed by atoms with Crippen molar-refractivity contribution in [3.63, 3.8) is 0 Å². The van der Waals surface area contributed by atoms with Crippen LogP contribution in [0.25, 0.3) is 0 Å². The summed E-state index contributed by atoms with van der Waals surface area (Å²) in [5.41, 5.74) is 0.412. The first-order valence-electron chi connectivity index (χ1n) is 5.55. The zero-order chi connectivity index (χ0) is 13.7. The van der Waals surface area contributed by atoms with Crippen molar-refractivity contribution >= 4 is 27.7 Å². The molecule has 1 aromatic carbocycles. The highest BCUT2D eigenvalue weighted by atomic mass is 79.9. The first kappa shape index (κ1) is 14.7. The third kappa shape index (κ3) is 3.32. The van der Waals surface area contributed by atoms with Crippen molar-refractivity contribution in [2.45, 2.75) is 13.8 Å². The summed E-state index contributed by atoms with van der Waals surface area (Å²) in [5.74, 6) is -1.07. The fourth-order valence-corrected chi connectivity index (χ4v) is 1.87. The minimum atomic E-state index is -0.826. The largest absolute Gasteiger partial charge is 0.497 e. The second kappa shape index (κ2) is 6.54. The smallest absolute Gasteiger partial charge is 0.316 e. The van der Waals surface area contributed by atoms with Gasteiger partial charge >= 0.3 is 5.97 Å². The number of Topliss-reactive ketones (excluding diaryl/α,β-unsaturated/α-hetero) is 1. The molecule has 0 spiro atoms. The van der Waals surface area contributed by atoms with E-state index in [9.17, 15) is 9.59 Å². The summed E-state index contributed by atoms with van der Waals surface area (Å²) in [6.07, 6.45) is 0. The van der Waals surface area contributed by atoms with Crippen LogP contribution >= 0.6 is 15.9 Å². The highest BCUT2D eigenvalue weighted by Crippen LogP contribution is 2.25. The summed E-state index contributed by atoms with van der Waals surface area (Å²) in [6.45, 7) is 3.50. The number of methoxy groups -OCH3 is 1. The van der Waals surface area contributed by atoms with Crippen molar-refractivity contribution < 1.29 is 19.1 Å². The lowest BCUT2D eigenvalue weighted by molar-refractivity contribution is -0.145. The number of ketones is 1. The summed E-state index contributed by atoms with van der Waals surface area (Å²) in [6, 6.07) is 5.04. The molecular formula is C13H15BrO4. The van der Waals surface area contributed by atoms with Crippen LogP contribution in [0.1, 0.15) is 24.2 Å². The van der Waals surface area contributed by atoms with E-state index in [0.29, 0.717) is 15.8 Å². The van der Waals surface area contributed by atoms with Gasteiger partial charge in [-0.1, -0.05) is 15.9 Å². The van der Waals surface area contributed by atoms with Crippen LogP contribution in [0.3, 0.4) is 0 Å². The molecule has 1 aromatic rings. The van der Waals surface area contributed by atoms with E-state index in [0.717, 1.165) is 0 Å². The average molecular weight is 315 g/mol. The number of carbonyl (C=O) groups excluding carboxylic acids is 2. The maximum Gasteiger partial charge on any atom is 0.316 e. The van der Waals surface area contributed by atoms with Crippen molar-refractivity contribution in [2.75, 3.05) is 13.7 Å². The van der Waals surface area contributed by atoms with Crippen LogP contribution in [0.5, 0.6) is 5.75 Å². The van der Waals surface area contributed by atoms with Crippen molar-refractivity contribution in [1.82, 2.24) is 0 Å². The molecule has 1 atom stereocenters. The quantitative estimate of drug-likeness (QED) is 0.476. The van der Waals surface area contributed by atoms with Crippen molar-refractivity contribution in [3.05, 3.63) is 28.2 Å². The Balaban J connectivity index is 2.99. The maximum atomic E-state index is 12.2. The van der Waals surface area contributed by atoms with E-state index >= 15 is 0 Å². The minimum absolute atomic E-state index is 0.260. The molecule has 0 radical (unpaired) electrons. The average Bonchev–Trinajstić information content (AvgIpc) is 2.38. The molecule has 18 heavy (non-hydrogen) atoms. The molecule has 0 fully saturated rings. The molecule has 0 N–H and O–H groups in total. The van der Waals surface area contributed by atoms with Gasteiger partial charge in [0.2, 0.25) is 0 Å². The normalized spacial score (nSPS) is 11.8. The number of hydrogen-bond donors (Lipinski definition) is 0. The van der Waals surface area contributed by atoms with Gasteiger partial charge in [0.05, 0.1) is 13.7 Å². The summed E-state index contributed by atoms with van der Waals surface area (Å²) in [5, 5.41) is 0. The van der Waals surface area contributed by atoms with Gasteiger partial charge in [-0.05, 0) is 32.0 Å². The van der Waals surface area contributed by atoms with Gasteiger partial charge in [0.15, 0.2) is 5.78 Å². The van der Waals surface area contributed by atoms with Crippen LogP contribution in [0.15, 0.2) is 22.7 Å². The molecule has 4 nitrogen and oxygen atoms in total. The lowest BCUT2D eigenvalue weighted by Crippen LogP contribution is -2.23. The standard InChI is InChI=1S/C13H15BrO4/c1-4-18-13(16)8(2)12(15)10-7-9(17-3)5-6-11(10)14/h5-8H,4H2,1-3H3. The minimum Gasteiger partial charge on any atom is -0.497 e. The Morgan fingerprint density at radius 3 is 2.61 bits per heavy atom. The van der Waals surface area contributed by atoms with E-state index in [-0.39, 0.29) is 12.4 Å². The fraction of sp³-hybridized carbons (Fsp3) is 0.385. The molecule has 98 valence electrons. The first-order valence-corrected chi connectivity index (χ1v) is 6.35. The second-order valence-electron chi connectivity index (χ2n) is 3.68. The van der Waals surface area contributed by atoms with Crippen molar-refractivity contribution in [2.24, 2.45) is 5.92 Å². The Morgan fingerprint density at radius 2 is 2.06 bits per heavy atom. The van der Waals surface area contributed by atoms with Gasteiger partial charge in [0.1, 0.15) is 11.7 Å². The van der Waals surface area contributed by atoms with Crippen molar-refractivity contribution in [3.8, 4) is 5.75 Å². The zero-order valence-corrected chi connectivity index (χ0v) is 12.1. The Morgan fingerprint density at radius 1 is 1.39 bits per heavy atom. The highest BCUT2D eigenvalue weighted by molar-refractivity contribution is 9.10. The van der Waals surface area contributed by atoms with Crippen molar-refractivity contribution in [1.29, 1.82) is 0 Å². The van der Waals surface area contributed by atoms with E-state index in [1.54, 1.807) is 25.1 Å². The topological polar surface area (TPSA) is 52.6 Å². The van der Waals surface area contributed by atoms with E-state index in [2.05, 4.69) is 15.9 Å². The zero-order valence-electron chi connectivity index (χ0n) is 10.5. The number of esters is 1. The predicted octanol–water partition coefficient (Wildman–Crippen LogP) is 2.84. The van der Waals surface area contributed by atoms with Crippen LogP contribution < -0.4 is 4.74 Å². The Kier molecular flexibility index (Phi) is 5.34. The molecule has 1 rings (SSSR count). The third-order valence-corrected chi connectivity index (χ3v) is 3.16. The SMILES string of the molecule is CCOC(=O)C(C)C(=O)c1cc(OC)ccc1Br. The lowest BCUT2D eigenvalue weighted by atomic mass is 9.99.